The van der Waals surface area contributed by atoms with E-state index in [1.807, 2.05) is 0 Å². The summed E-state index contributed by atoms with van der Waals surface area (Å²) in [5.41, 5.74) is 0. The molecule has 0 rings (SSSR count). The third kappa shape index (κ3) is 21.1. The van der Waals surface area contributed by atoms with E-state index >= 15 is 0 Å². The van der Waals surface area contributed by atoms with Crippen molar-refractivity contribution < 1.29 is 18.8 Å². The molecule has 0 N–H and O–H groups in total. The van der Waals surface area contributed by atoms with Crippen LogP contribution >= 0.6 is 7.14 Å². The van der Waals surface area contributed by atoms with Gasteiger partial charge in [-0.15, -0.1) is 0 Å². The summed E-state index contributed by atoms with van der Waals surface area (Å²) < 4.78 is 28.9. The molecule has 0 spiro atoms. The van der Waals surface area contributed by atoms with Gasteiger partial charge in [0, 0.05) is 59.6 Å². The Hall–Kier alpha value is 0.110. The van der Waals surface area contributed by atoms with Gasteiger partial charge in [0.25, 0.3) is 0 Å². The lowest BCUT2D eigenvalue weighted by atomic mass is 10.2. The van der Waals surface area contributed by atoms with Crippen LogP contribution in [0.3, 0.4) is 0 Å². The maximum Gasteiger partial charge on any atom is 0.0877 e. The lowest BCUT2D eigenvalue weighted by Crippen LogP contribution is -2.02. The minimum absolute atomic E-state index is 0.868. The maximum atomic E-state index is 13.6. The Bertz CT molecular complexity index is 310. The average molecular weight is 435 g/mol. The van der Waals surface area contributed by atoms with Gasteiger partial charge in [-0.3, -0.25) is 0 Å². The van der Waals surface area contributed by atoms with Crippen molar-refractivity contribution in [2.75, 3.05) is 59.6 Å². The third-order valence-electron chi connectivity index (χ3n) is 5.74. The Morgan fingerprint density at radius 2 is 0.655 bits per heavy atom. The van der Waals surface area contributed by atoms with Crippen LogP contribution in [-0.2, 0) is 18.8 Å². The second-order valence-corrected chi connectivity index (χ2v) is 12.0. The predicted molar refractivity (Wildman–Crippen MR) is 127 cm³/mol. The first-order valence-corrected chi connectivity index (χ1v) is 14.5. The first-order valence-electron chi connectivity index (χ1n) is 12.2. The number of hydrogen-bond donors (Lipinski definition) is 0. The Labute approximate surface area is 182 Å². The summed E-state index contributed by atoms with van der Waals surface area (Å²) >= 11 is 0. The molecular weight excluding hydrogens is 383 g/mol. The summed E-state index contributed by atoms with van der Waals surface area (Å²) in [6.07, 6.45) is 21.0. The van der Waals surface area contributed by atoms with Crippen LogP contribution in [0.5, 0.6) is 0 Å². The highest BCUT2D eigenvalue weighted by Crippen LogP contribution is 2.48. The Morgan fingerprint density at radius 3 is 0.931 bits per heavy atom. The minimum atomic E-state index is -1.98. The number of ether oxygens (including phenoxy) is 3. The zero-order valence-corrected chi connectivity index (χ0v) is 20.8. The number of hydrogen-bond acceptors (Lipinski definition) is 4. The van der Waals surface area contributed by atoms with Crippen molar-refractivity contribution in [1.29, 1.82) is 0 Å². The van der Waals surface area contributed by atoms with Crippen molar-refractivity contribution in [3.8, 4) is 0 Å². The van der Waals surface area contributed by atoms with Gasteiger partial charge in [0.05, 0.1) is 7.14 Å². The number of unbranched alkanes of at least 4 members (excludes halogenated alkanes) is 12. The van der Waals surface area contributed by atoms with Crippen LogP contribution in [0.2, 0.25) is 0 Å². The standard InChI is InChI=1S/C24H51O4P/c1-26-19-13-7-4-10-16-22-29(25,23-17-11-5-8-14-20-27-2)24-18-12-6-9-15-21-28-3/h4-24H2,1-3H3. The highest BCUT2D eigenvalue weighted by molar-refractivity contribution is 7.63. The van der Waals surface area contributed by atoms with Gasteiger partial charge in [0.2, 0.25) is 0 Å². The largest absolute Gasteiger partial charge is 0.385 e. The summed E-state index contributed by atoms with van der Waals surface area (Å²) in [5.74, 6) is 0. The van der Waals surface area contributed by atoms with Gasteiger partial charge in [0.1, 0.15) is 0 Å². The van der Waals surface area contributed by atoms with E-state index in [9.17, 15) is 4.57 Å². The molecule has 0 atom stereocenters. The van der Waals surface area contributed by atoms with Crippen molar-refractivity contribution in [2.24, 2.45) is 0 Å². The van der Waals surface area contributed by atoms with Crippen LogP contribution in [0, 0.1) is 0 Å². The topological polar surface area (TPSA) is 44.8 Å². The zero-order chi connectivity index (χ0) is 21.5. The first kappa shape index (κ1) is 29.1. The fourth-order valence-electron chi connectivity index (χ4n) is 3.87. The molecule has 4 nitrogen and oxygen atoms in total. The summed E-state index contributed by atoms with van der Waals surface area (Å²) in [5, 5.41) is 0. The predicted octanol–water partition coefficient (Wildman–Crippen LogP) is 7.14. The highest BCUT2D eigenvalue weighted by Gasteiger charge is 2.20. The molecule has 0 aromatic carbocycles. The van der Waals surface area contributed by atoms with Crippen molar-refractivity contribution in [1.82, 2.24) is 0 Å². The number of methoxy groups -OCH3 is 3. The van der Waals surface area contributed by atoms with Crippen molar-refractivity contribution in [3.05, 3.63) is 0 Å². The van der Waals surface area contributed by atoms with Gasteiger partial charge in [0.15, 0.2) is 0 Å². The van der Waals surface area contributed by atoms with Crippen LogP contribution in [-0.4, -0.2) is 59.6 Å². The molecule has 0 heterocycles. The second kappa shape index (κ2) is 22.8. The SMILES string of the molecule is COCCCCCCCP(=O)(CCCCCCCOC)CCCCCCCOC. The number of rotatable bonds is 24. The molecular formula is C24H51O4P. The van der Waals surface area contributed by atoms with Gasteiger partial charge in [-0.2, -0.15) is 0 Å². The zero-order valence-electron chi connectivity index (χ0n) is 19.9. The van der Waals surface area contributed by atoms with E-state index in [4.69, 9.17) is 14.2 Å². The highest BCUT2D eigenvalue weighted by atomic mass is 31.2. The molecule has 0 aromatic heterocycles. The summed E-state index contributed by atoms with van der Waals surface area (Å²) in [7, 11) is 3.33. The molecule has 0 saturated heterocycles. The van der Waals surface area contributed by atoms with E-state index in [0.29, 0.717) is 0 Å². The summed E-state index contributed by atoms with van der Waals surface area (Å²) in [6.45, 7) is 2.60. The molecule has 0 radical (unpaired) electrons. The van der Waals surface area contributed by atoms with Crippen molar-refractivity contribution >= 4 is 7.14 Å². The fraction of sp³-hybridized carbons (Fsp3) is 1.00. The minimum Gasteiger partial charge on any atom is -0.385 e. The quantitative estimate of drug-likeness (QED) is 0.120. The second-order valence-electron chi connectivity index (χ2n) is 8.51. The summed E-state index contributed by atoms with van der Waals surface area (Å²) in [6, 6.07) is 0. The van der Waals surface area contributed by atoms with Gasteiger partial charge < -0.3 is 18.8 Å². The molecule has 0 bridgehead atoms. The molecule has 5 heteroatoms. The molecule has 29 heavy (non-hydrogen) atoms. The molecule has 0 fully saturated rings. The molecule has 176 valence electrons. The molecule has 0 aliphatic rings. The first-order chi connectivity index (χ1) is 14.2. The van der Waals surface area contributed by atoms with Crippen LogP contribution in [0.15, 0.2) is 0 Å². The molecule has 0 aliphatic heterocycles. The average Bonchev–Trinajstić information content (AvgIpc) is 2.72. The van der Waals surface area contributed by atoms with Gasteiger partial charge in [-0.25, -0.2) is 0 Å². The van der Waals surface area contributed by atoms with E-state index in [-0.39, 0.29) is 0 Å². The molecule has 0 aromatic rings. The van der Waals surface area contributed by atoms with Crippen LogP contribution < -0.4 is 0 Å². The van der Waals surface area contributed by atoms with Crippen LogP contribution in [0.1, 0.15) is 96.3 Å². The van der Waals surface area contributed by atoms with Crippen LogP contribution in [0.25, 0.3) is 0 Å². The van der Waals surface area contributed by atoms with Crippen LogP contribution in [0.4, 0.5) is 0 Å². The fourth-order valence-corrected chi connectivity index (χ4v) is 6.94. The lowest BCUT2D eigenvalue weighted by Gasteiger charge is -2.18. The van der Waals surface area contributed by atoms with Gasteiger partial charge >= 0.3 is 0 Å². The van der Waals surface area contributed by atoms with E-state index in [1.165, 1.54) is 57.8 Å². The van der Waals surface area contributed by atoms with Crippen molar-refractivity contribution in [2.45, 2.75) is 96.3 Å². The lowest BCUT2D eigenvalue weighted by molar-refractivity contribution is 0.192. The Morgan fingerprint density at radius 1 is 0.414 bits per heavy atom. The Balaban J connectivity index is 4.05. The normalized spacial score (nSPS) is 12.0. The smallest absolute Gasteiger partial charge is 0.0877 e. The summed E-state index contributed by atoms with van der Waals surface area (Å²) in [4.78, 5) is 0. The maximum absolute atomic E-state index is 13.6. The van der Waals surface area contributed by atoms with Gasteiger partial charge in [-0.1, -0.05) is 57.8 Å². The van der Waals surface area contributed by atoms with E-state index in [1.54, 1.807) is 21.3 Å². The third-order valence-corrected chi connectivity index (χ3v) is 9.14. The Kier molecular flexibility index (Phi) is 22.9. The molecule has 0 aliphatic carbocycles. The molecule has 0 amide bonds. The van der Waals surface area contributed by atoms with E-state index in [2.05, 4.69) is 0 Å². The monoisotopic (exact) mass is 434 g/mol. The van der Waals surface area contributed by atoms with Crippen molar-refractivity contribution in [3.63, 3.8) is 0 Å². The molecule has 0 saturated carbocycles. The molecule has 0 unspecified atom stereocenters. The van der Waals surface area contributed by atoms with E-state index in [0.717, 1.165) is 76.8 Å². The van der Waals surface area contributed by atoms with Gasteiger partial charge in [-0.05, 0) is 38.5 Å². The van der Waals surface area contributed by atoms with E-state index < -0.39 is 7.14 Å².